The first-order valence-electron chi connectivity index (χ1n) is 2.00. The molecule has 0 saturated heterocycles. The first kappa shape index (κ1) is 22.4. The van der Waals surface area contributed by atoms with Gasteiger partial charge < -0.3 is 13.8 Å². The third kappa shape index (κ3) is 300. The van der Waals surface area contributed by atoms with Gasteiger partial charge in [-0.1, -0.05) is 0 Å². The van der Waals surface area contributed by atoms with Crippen LogP contribution < -0.4 is 0 Å². The molecule has 2 N–H and O–H groups in total. The summed E-state index contributed by atoms with van der Waals surface area (Å²) in [5.41, 5.74) is 0. The van der Waals surface area contributed by atoms with E-state index in [1.54, 1.807) is 13.8 Å². The van der Waals surface area contributed by atoms with Gasteiger partial charge in [0.25, 0.3) is 0 Å². The zero-order chi connectivity index (χ0) is 7.58. The molecule has 3 nitrogen and oxygen atoms in total. The summed E-state index contributed by atoms with van der Waals surface area (Å²) in [6.45, 7) is 10.0. The van der Waals surface area contributed by atoms with Crippen molar-refractivity contribution >= 4 is 46.0 Å². The van der Waals surface area contributed by atoms with Gasteiger partial charge in [0.1, 0.15) is 0 Å². The smallest absolute Gasteiger partial charge is 0.346 e. The molecule has 0 heterocycles. The summed E-state index contributed by atoms with van der Waals surface area (Å²) in [4.78, 5) is 14.2. The Labute approximate surface area is 87.4 Å². The van der Waals surface area contributed by atoms with Crippen LogP contribution in [0.15, 0.2) is 0 Å². The van der Waals surface area contributed by atoms with Gasteiger partial charge in [-0.2, -0.15) is 13.8 Å². The fourth-order valence-corrected chi connectivity index (χ4v) is 0. The van der Waals surface area contributed by atoms with Gasteiger partial charge >= 0.3 is 46.0 Å². The van der Waals surface area contributed by atoms with E-state index in [1.807, 2.05) is 0 Å². The van der Waals surface area contributed by atoms with Gasteiger partial charge in [-0.15, -0.1) is 9.79 Å². The van der Waals surface area contributed by atoms with Crippen LogP contribution in [0.5, 0.6) is 0 Å². The minimum atomic E-state index is -2.87. The Morgan fingerprint density at radius 3 is 1.11 bits per heavy atom. The molecule has 0 aliphatic heterocycles. The van der Waals surface area contributed by atoms with E-state index in [9.17, 15) is 0 Å². The molecule has 0 radical (unpaired) electrons. The summed E-state index contributed by atoms with van der Waals surface area (Å²) in [7, 11) is -2.87. The summed E-state index contributed by atoms with van der Waals surface area (Å²) in [6.07, 6.45) is 0. The minimum absolute atomic E-state index is 0. The molecule has 0 amide bonds. The second-order valence-electron chi connectivity index (χ2n) is 0.253. The SMILES string of the molecule is O=[P+](O)O.[CH2-]C.[CH2-]C.[Ca+2]. The van der Waals surface area contributed by atoms with Crippen molar-refractivity contribution in [3.63, 3.8) is 0 Å². The second kappa shape index (κ2) is 34.7. The summed E-state index contributed by atoms with van der Waals surface area (Å²) in [5, 5.41) is 0. The zero-order valence-corrected chi connectivity index (χ0v) is 8.97. The Bertz CT molecular complexity index is 38.8. The third-order valence-corrected chi connectivity index (χ3v) is 0. The molecular weight excluding hydrogens is 167 g/mol. The van der Waals surface area contributed by atoms with Gasteiger partial charge in [-0.05, 0) is 0 Å². The van der Waals surface area contributed by atoms with E-state index in [0.29, 0.717) is 0 Å². The van der Waals surface area contributed by atoms with Gasteiger partial charge in [-0.25, -0.2) is 0 Å². The maximum Gasteiger partial charge on any atom is 2.00 e. The zero-order valence-electron chi connectivity index (χ0n) is 5.87. The molecule has 0 rings (SSSR count). The average molecular weight is 179 g/mol. The maximum absolute atomic E-state index is 8.70. The van der Waals surface area contributed by atoms with E-state index in [0.717, 1.165) is 0 Å². The van der Waals surface area contributed by atoms with Crippen molar-refractivity contribution in [1.29, 1.82) is 0 Å². The normalized spacial score (nSPS) is 4.22. The van der Waals surface area contributed by atoms with Crippen molar-refractivity contribution in [1.82, 2.24) is 0 Å². The van der Waals surface area contributed by atoms with Crippen LogP contribution in [0.4, 0.5) is 0 Å². The van der Waals surface area contributed by atoms with Crippen molar-refractivity contribution in [2.24, 2.45) is 0 Å². The Balaban J connectivity index is -0.0000000221. The molecule has 52 valence electrons. The van der Waals surface area contributed by atoms with E-state index in [1.165, 1.54) is 0 Å². The quantitative estimate of drug-likeness (QED) is 0.330. The summed E-state index contributed by atoms with van der Waals surface area (Å²) in [6, 6.07) is 0. The predicted molar refractivity (Wildman–Crippen MR) is 39.9 cm³/mol. The Hall–Kier alpha value is 1.28. The molecule has 0 aromatic carbocycles. The summed E-state index contributed by atoms with van der Waals surface area (Å²) >= 11 is 0. The van der Waals surface area contributed by atoms with Gasteiger partial charge in [0, 0.05) is 4.57 Å². The fraction of sp³-hybridized carbons (Fsp3) is 0.500. The molecule has 0 aliphatic carbocycles. The van der Waals surface area contributed by atoms with Crippen molar-refractivity contribution < 1.29 is 14.4 Å². The number of rotatable bonds is 0. The molecule has 0 unspecified atom stereocenters. The largest absolute Gasteiger partial charge is 2.00 e. The number of hydrogen-bond acceptors (Lipinski definition) is 1. The molecule has 9 heavy (non-hydrogen) atoms. The molecule has 0 atom stereocenters. The fourth-order valence-electron chi connectivity index (χ4n) is 0. The van der Waals surface area contributed by atoms with E-state index in [2.05, 4.69) is 13.8 Å². The van der Waals surface area contributed by atoms with Gasteiger partial charge in [-0.3, -0.25) is 0 Å². The van der Waals surface area contributed by atoms with Crippen LogP contribution in [0, 0.1) is 13.8 Å². The van der Waals surface area contributed by atoms with Crippen molar-refractivity contribution in [3.05, 3.63) is 13.8 Å². The minimum Gasteiger partial charge on any atom is -0.346 e. The van der Waals surface area contributed by atoms with Crippen LogP contribution in [-0.4, -0.2) is 47.5 Å². The van der Waals surface area contributed by atoms with Crippen LogP contribution in [0.25, 0.3) is 0 Å². The topological polar surface area (TPSA) is 57.5 Å². The first-order valence-corrected chi connectivity index (χ1v) is 3.16. The molecule has 0 saturated carbocycles. The first-order chi connectivity index (χ1) is 3.73. The van der Waals surface area contributed by atoms with Crippen LogP contribution >= 0.6 is 8.25 Å². The second-order valence-corrected chi connectivity index (χ2v) is 0.758. The van der Waals surface area contributed by atoms with Crippen LogP contribution in [0.1, 0.15) is 13.8 Å². The molecule has 0 spiro atoms. The van der Waals surface area contributed by atoms with Gasteiger partial charge in [0.2, 0.25) is 0 Å². The summed E-state index contributed by atoms with van der Waals surface area (Å²) in [5.74, 6) is 0. The summed E-state index contributed by atoms with van der Waals surface area (Å²) < 4.78 is 8.70. The molecule has 0 bridgehead atoms. The van der Waals surface area contributed by atoms with Crippen molar-refractivity contribution in [2.45, 2.75) is 13.8 Å². The van der Waals surface area contributed by atoms with Crippen molar-refractivity contribution in [3.8, 4) is 0 Å². The Morgan fingerprint density at radius 1 is 1.11 bits per heavy atom. The molecule has 0 aromatic rings. The maximum atomic E-state index is 8.70. The predicted octanol–water partition coefficient (Wildman–Crippen LogP) is 0.928. The van der Waals surface area contributed by atoms with Crippen LogP contribution in [0.3, 0.4) is 0 Å². The van der Waals surface area contributed by atoms with Crippen molar-refractivity contribution in [2.75, 3.05) is 0 Å². The van der Waals surface area contributed by atoms with Crippen LogP contribution in [-0.2, 0) is 4.57 Å². The van der Waals surface area contributed by atoms with Crippen LogP contribution in [0.2, 0.25) is 0 Å². The van der Waals surface area contributed by atoms with E-state index < -0.39 is 8.25 Å². The van der Waals surface area contributed by atoms with Gasteiger partial charge in [0.05, 0.1) is 0 Å². The Kier molecular flexibility index (Phi) is 86.6. The van der Waals surface area contributed by atoms with E-state index in [-0.39, 0.29) is 37.7 Å². The third-order valence-electron chi connectivity index (χ3n) is 0. The molecule has 0 aliphatic rings. The number of hydrogen-bond donors (Lipinski definition) is 2. The van der Waals surface area contributed by atoms with Gasteiger partial charge in [0.15, 0.2) is 0 Å². The molecular formula is C4H12CaO3P+. The average Bonchev–Trinajstić information content (AvgIpc) is 1.75. The molecule has 0 fully saturated rings. The van der Waals surface area contributed by atoms with E-state index in [4.69, 9.17) is 14.4 Å². The van der Waals surface area contributed by atoms with E-state index >= 15 is 0 Å². The Morgan fingerprint density at radius 2 is 1.11 bits per heavy atom. The molecule has 5 heteroatoms. The monoisotopic (exact) mass is 179 g/mol. The standard InChI is InChI=1S/2C2H5.Ca.HO3P/c2*1-2;;1-4(2)3/h2*1H2,2H3;;(H-,1,2,3)/q2*-1;+2;/p+1. The molecule has 0 aromatic heterocycles.